The van der Waals surface area contributed by atoms with E-state index >= 15 is 0 Å². The van der Waals surface area contributed by atoms with E-state index < -0.39 is 0 Å². The van der Waals surface area contributed by atoms with Crippen LogP contribution < -0.4 is 0 Å². The van der Waals surface area contributed by atoms with Gasteiger partial charge in [-0.2, -0.15) is 0 Å². The molecule has 1 nitrogen and oxygen atoms in total. The first-order valence-corrected chi connectivity index (χ1v) is 6.96. The molecule has 0 atom stereocenters. The number of hydrogen-bond donors (Lipinski definition) is 0. The summed E-state index contributed by atoms with van der Waals surface area (Å²) in [7, 11) is 0. The minimum absolute atomic E-state index is 1.01. The summed E-state index contributed by atoms with van der Waals surface area (Å²) >= 11 is 0. The van der Waals surface area contributed by atoms with Crippen LogP contribution in [0.3, 0.4) is 0 Å². The number of rotatable bonds is 2. The molecule has 0 saturated heterocycles. The maximum absolute atomic E-state index is 2.49. The van der Waals surface area contributed by atoms with Gasteiger partial charge in [-0.15, -0.1) is 0 Å². The Labute approximate surface area is 115 Å². The van der Waals surface area contributed by atoms with Gasteiger partial charge in [0.15, 0.2) is 12.3 Å². The van der Waals surface area contributed by atoms with Crippen molar-refractivity contribution in [3.05, 3.63) is 70.8 Å². The normalized spacial score (nSPS) is 14.4. The molecule has 1 heterocycles. The van der Waals surface area contributed by atoms with Gasteiger partial charge in [-0.1, -0.05) is 48.0 Å². The summed E-state index contributed by atoms with van der Waals surface area (Å²) in [5.41, 5.74) is 7.08. The van der Waals surface area contributed by atoms with E-state index in [1.165, 1.54) is 28.0 Å². The zero-order valence-corrected chi connectivity index (χ0v) is 11.7. The molecule has 3 rings (SSSR count). The van der Waals surface area contributed by atoms with E-state index in [4.69, 9.17) is 0 Å². The van der Waals surface area contributed by atoms with Gasteiger partial charge in [0.1, 0.15) is 6.54 Å². The zero-order valence-electron chi connectivity index (χ0n) is 11.7. The second-order valence-electron chi connectivity index (χ2n) is 5.40. The molecule has 2 aromatic rings. The molecule has 2 aromatic carbocycles. The highest BCUT2D eigenvalue weighted by molar-refractivity contribution is 5.96. The highest BCUT2D eigenvalue weighted by Gasteiger charge is 2.21. The van der Waals surface area contributed by atoms with E-state index in [9.17, 15) is 0 Å². The Morgan fingerprint density at radius 2 is 1.79 bits per heavy atom. The first-order valence-electron chi connectivity index (χ1n) is 6.96. The molecule has 0 N–H and O–H groups in total. The van der Waals surface area contributed by atoms with Crippen molar-refractivity contribution in [2.24, 2.45) is 0 Å². The fraction of sp³-hybridized carbons (Fsp3) is 0.278. The molecule has 19 heavy (non-hydrogen) atoms. The molecule has 0 aromatic heterocycles. The topological polar surface area (TPSA) is 3.01 Å². The van der Waals surface area contributed by atoms with Gasteiger partial charge in [0, 0.05) is 24.5 Å². The van der Waals surface area contributed by atoms with Crippen molar-refractivity contribution in [1.82, 2.24) is 0 Å². The molecule has 0 unspecified atom stereocenters. The molecule has 96 valence electrons. The van der Waals surface area contributed by atoms with Crippen LogP contribution in [0.15, 0.2) is 48.5 Å². The summed E-state index contributed by atoms with van der Waals surface area (Å²) in [5.74, 6) is 0. The van der Waals surface area contributed by atoms with Crippen LogP contribution in [0.2, 0.25) is 0 Å². The van der Waals surface area contributed by atoms with Crippen LogP contribution in [0.1, 0.15) is 29.2 Å². The zero-order chi connectivity index (χ0) is 13.2. The molecular weight excluding hydrogens is 230 g/mol. The second kappa shape index (κ2) is 5.00. The van der Waals surface area contributed by atoms with Crippen molar-refractivity contribution < 1.29 is 4.58 Å². The lowest BCUT2D eigenvalue weighted by Crippen LogP contribution is -2.28. The van der Waals surface area contributed by atoms with Gasteiger partial charge in [-0.25, -0.2) is 4.58 Å². The molecule has 0 fully saturated rings. The van der Waals surface area contributed by atoms with E-state index in [2.05, 4.69) is 67.0 Å². The first-order chi connectivity index (χ1) is 9.24. The molecule has 0 aliphatic carbocycles. The third kappa shape index (κ3) is 2.46. The van der Waals surface area contributed by atoms with Crippen LogP contribution in [0.5, 0.6) is 0 Å². The summed E-state index contributed by atoms with van der Waals surface area (Å²) in [5, 5.41) is 0. The second-order valence-corrected chi connectivity index (χ2v) is 5.40. The van der Waals surface area contributed by atoms with E-state index in [-0.39, 0.29) is 0 Å². The Hall–Kier alpha value is -1.89. The molecule has 0 amide bonds. The van der Waals surface area contributed by atoms with Crippen molar-refractivity contribution in [1.29, 1.82) is 0 Å². The van der Waals surface area contributed by atoms with Crippen LogP contribution in [0, 0.1) is 6.92 Å². The quantitative estimate of drug-likeness (QED) is 0.717. The third-order valence-corrected chi connectivity index (χ3v) is 3.99. The van der Waals surface area contributed by atoms with Crippen molar-refractivity contribution in [3.63, 3.8) is 0 Å². The maximum Gasteiger partial charge on any atom is 0.180 e. The number of fused-ring (bicyclic) bond motifs is 1. The predicted octanol–water partition coefficient (Wildman–Crippen LogP) is 3.57. The van der Waals surface area contributed by atoms with Gasteiger partial charge >= 0.3 is 0 Å². The van der Waals surface area contributed by atoms with Gasteiger partial charge < -0.3 is 0 Å². The van der Waals surface area contributed by atoms with E-state index in [1.807, 2.05) is 0 Å². The van der Waals surface area contributed by atoms with Crippen LogP contribution in [-0.2, 0) is 13.0 Å². The SMILES string of the molecule is CC1=[N+](Cc2ccccc2)CCc2cc(C)ccc21. The Kier molecular flexibility index (Phi) is 3.20. The number of hydrogen-bond acceptors (Lipinski definition) is 0. The van der Waals surface area contributed by atoms with Gasteiger partial charge in [0.2, 0.25) is 0 Å². The molecule has 0 saturated carbocycles. The minimum atomic E-state index is 1.01. The van der Waals surface area contributed by atoms with Crippen LogP contribution in [-0.4, -0.2) is 16.8 Å². The summed E-state index contributed by atoms with van der Waals surface area (Å²) in [6.45, 7) is 6.55. The first kappa shape index (κ1) is 12.2. The Morgan fingerprint density at radius 3 is 2.58 bits per heavy atom. The monoisotopic (exact) mass is 250 g/mol. The smallest absolute Gasteiger partial charge is 0.180 e. The number of benzene rings is 2. The van der Waals surface area contributed by atoms with Crippen molar-refractivity contribution >= 4 is 5.71 Å². The average Bonchev–Trinajstić information content (AvgIpc) is 2.43. The molecule has 1 heteroatoms. The fourth-order valence-electron chi connectivity index (χ4n) is 2.88. The number of aryl methyl sites for hydroxylation is 1. The van der Waals surface area contributed by atoms with Crippen LogP contribution in [0.4, 0.5) is 0 Å². The summed E-state index contributed by atoms with van der Waals surface area (Å²) in [4.78, 5) is 0. The lowest BCUT2D eigenvalue weighted by Gasteiger charge is -2.17. The van der Waals surface area contributed by atoms with Crippen molar-refractivity contribution in [2.45, 2.75) is 26.8 Å². The maximum atomic E-state index is 2.49. The molecule has 0 spiro atoms. The highest BCUT2D eigenvalue weighted by Crippen LogP contribution is 2.18. The average molecular weight is 250 g/mol. The Balaban J connectivity index is 1.95. The third-order valence-electron chi connectivity index (χ3n) is 3.99. The van der Waals surface area contributed by atoms with Gasteiger partial charge in [0.05, 0.1) is 0 Å². The fourth-order valence-corrected chi connectivity index (χ4v) is 2.88. The van der Waals surface area contributed by atoms with E-state index in [1.54, 1.807) is 0 Å². The Bertz CT molecular complexity index is 623. The van der Waals surface area contributed by atoms with Crippen molar-refractivity contribution in [2.75, 3.05) is 6.54 Å². The van der Waals surface area contributed by atoms with Gasteiger partial charge in [-0.05, 0) is 18.6 Å². The Morgan fingerprint density at radius 1 is 1.00 bits per heavy atom. The largest absolute Gasteiger partial charge is 0.229 e. The lowest BCUT2D eigenvalue weighted by atomic mass is 9.95. The number of nitrogens with zero attached hydrogens (tertiary/aromatic N) is 1. The van der Waals surface area contributed by atoms with E-state index in [0.29, 0.717) is 0 Å². The van der Waals surface area contributed by atoms with Crippen LogP contribution >= 0.6 is 0 Å². The van der Waals surface area contributed by atoms with Gasteiger partial charge in [-0.3, -0.25) is 0 Å². The molecule has 0 bridgehead atoms. The highest BCUT2D eigenvalue weighted by atomic mass is 15.0. The standard InChI is InChI=1S/C18H20N/c1-14-8-9-18-15(2)19(11-10-17(18)12-14)13-16-6-4-3-5-7-16/h3-9,12H,10-11,13H2,1-2H3/q+1. The van der Waals surface area contributed by atoms with E-state index in [0.717, 1.165) is 19.5 Å². The predicted molar refractivity (Wildman–Crippen MR) is 79.9 cm³/mol. The molecule has 0 radical (unpaired) electrons. The summed E-state index contributed by atoms with van der Waals surface area (Å²) in [6.07, 6.45) is 1.15. The summed E-state index contributed by atoms with van der Waals surface area (Å²) in [6, 6.07) is 17.5. The molecular formula is C18H20N+. The van der Waals surface area contributed by atoms with Crippen LogP contribution in [0.25, 0.3) is 0 Å². The molecule has 1 aliphatic heterocycles. The summed E-state index contributed by atoms with van der Waals surface area (Å²) < 4.78 is 2.49. The molecule has 1 aliphatic rings. The van der Waals surface area contributed by atoms with Gasteiger partial charge in [0.25, 0.3) is 0 Å². The lowest BCUT2D eigenvalue weighted by molar-refractivity contribution is -0.545. The van der Waals surface area contributed by atoms with Crippen molar-refractivity contribution in [3.8, 4) is 0 Å². The minimum Gasteiger partial charge on any atom is -0.229 e.